The van der Waals surface area contributed by atoms with E-state index in [0.717, 1.165) is 36.8 Å². The molecule has 0 unspecified atom stereocenters. The number of fused-ring (bicyclic) bond motifs is 2. The fourth-order valence-corrected chi connectivity index (χ4v) is 4.72. The SMILES string of the molecule is O=C(NC1CCC(c2n[nH]c(=O)c3ccccc23)CC1)c1cnc2cc(OCCC(F)(F)F)ccn12. The van der Waals surface area contributed by atoms with Gasteiger partial charge >= 0.3 is 6.18 Å². The first-order valence-electron chi connectivity index (χ1n) is 11.7. The smallest absolute Gasteiger partial charge is 0.392 e. The highest BCUT2D eigenvalue weighted by atomic mass is 19.4. The quantitative estimate of drug-likeness (QED) is 0.411. The van der Waals surface area contributed by atoms with Crippen molar-refractivity contribution in [3.63, 3.8) is 0 Å². The summed E-state index contributed by atoms with van der Waals surface area (Å²) in [6.07, 6.45) is 0.831. The van der Waals surface area contributed by atoms with E-state index in [-0.39, 0.29) is 29.2 Å². The maximum absolute atomic E-state index is 12.9. The molecule has 1 fully saturated rings. The van der Waals surface area contributed by atoms with E-state index in [0.29, 0.717) is 16.7 Å². The highest BCUT2D eigenvalue weighted by molar-refractivity contribution is 5.93. The molecule has 2 N–H and O–H groups in total. The lowest BCUT2D eigenvalue weighted by molar-refractivity contribution is -0.139. The molecule has 0 bridgehead atoms. The summed E-state index contributed by atoms with van der Waals surface area (Å²) < 4.78 is 43.7. The maximum Gasteiger partial charge on any atom is 0.392 e. The Hall–Kier alpha value is -3.89. The van der Waals surface area contributed by atoms with Gasteiger partial charge in [0.1, 0.15) is 17.1 Å². The number of hydrogen-bond donors (Lipinski definition) is 2. The van der Waals surface area contributed by atoms with Gasteiger partial charge in [0.15, 0.2) is 0 Å². The third kappa shape index (κ3) is 5.05. The van der Waals surface area contributed by atoms with Crippen LogP contribution in [-0.2, 0) is 0 Å². The molecule has 36 heavy (non-hydrogen) atoms. The minimum Gasteiger partial charge on any atom is -0.493 e. The van der Waals surface area contributed by atoms with Crippen molar-refractivity contribution in [2.24, 2.45) is 0 Å². The summed E-state index contributed by atoms with van der Waals surface area (Å²) in [5.41, 5.74) is 1.42. The molecule has 0 radical (unpaired) electrons. The van der Waals surface area contributed by atoms with E-state index in [1.54, 1.807) is 16.7 Å². The number of halogens is 3. The normalized spacial score (nSPS) is 18.4. The van der Waals surface area contributed by atoms with E-state index in [1.165, 1.54) is 18.3 Å². The van der Waals surface area contributed by atoms with Gasteiger partial charge in [0, 0.05) is 29.6 Å². The lowest BCUT2D eigenvalue weighted by Crippen LogP contribution is -2.38. The van der Waals surface area contributed by atoms with Crippen LogP contribution in [-0.4, -0.2) is 44.3 Å². The molecule has 0 saturated heterocycles. The number of imidazole rings is 1. The minimum atomic E-state index is -4.29. The Balaban J connectivity index is 1.21. The number of carbonyl (C=O) groups excluding carboxylic acids is 1. The van der Waals surface area contributed by atoms with Crippen LogP contribution in [0.4, 0.5) is 13.2 Å². The van der Waals surface area contributed by atoms with Gasteiger partial charge in [0.25, 0.3) is 11.5 Å². The third-order valence-corrected chi connectivity index (χ3v) is 6.55. The van der Waals surface area contributed by atoms with Gasteiger partial charge in [-0.2, -0.15) is 18.3 Å². The average molecular weight is 499 g/mol. The van der Waals surface area contributed by atoms with Crippen LogP contribution < -0.4 is 15.6 Å². The van der Waals surface area contributed by atoms with Crippen molar-refractivity contribution in [3.05, 3.63) is 70.5 Å². The van der Waals surface area contributed by atoms with E-state index < -0.39 is 19.2 Å². The largest absolute Gasteiger partial charge is 0.493 e. The van der Waals surface area contributed by atoms with Gasteiger partial charge in [-0.1, -0.05) is 18.2 Å². The Morgan fingerprint density at radius 3 is 2.64 bits per heavy atom. The number of benzene rings is 1. The molecule has 188 valence electrons. The first-order chi connectivity index (χ1) is 17.3. The van der Waals surface area contributed by atoms with E-state index >= 15 is 0 Å². The number of nitrogens with one attached hydrogen (secondary N) is 2. The van der Waals surface area contributed by atoms with E-state index in [1.807, 2.05) is 18.2 Å². The Morgan fingerprint density at radius 2 is 1.89 bits per heavy atom. The maximum atomic E-state index is 12.9. The highest BCUT2D eigenvalue weighted by Gasteiger charge is 2.28. The van der Waals surface area contributed by atoms with Crippen LogP contribution in [0.2, 0.25) is 0 Å². The summed E-state index contributed by atoms with van der Waals surface area (Å²) in [6, 6.07) is 10.4. The Labute approximate surface area is 203 Å². The fourth-order valence-electron chi connectivity index (χ4n) is 4.72. The number of ether oxygens (including phenoxy) is 1. The lowest BCUT2D eigenvalue weighted by Gasteiger charge is -2.29. The van der Waals surface area contributed by atoms with Gasteiger partial charge in [-0.3, -0.25) is 14.0 Å². The first kappa shape index (κ1) is 23.8. The summed E-state index contributed by atoms with van der Waals surface area (Å²) >= 11 is 0. The monoisotopic (exact) mass is 499 g/mol. The zero-order valence-electron chi connectivity index (χ0n) is 19.2. The van der Waals surface area contributed by atoms with Crippen LogP contribution >= 0.6 is 0 Å². The van der Waals surface area contributed by atoms with Gasteiger partial charge in [-0.15, -0.1) is 0 Å². The number of carbonyl (C=O) groups is 1. The van der Waals surface area contributed by atoms with Crippen molar-refractivity contribution in [1.29, 1.82) is 0 Å². The van der Waals surface area contributed by atoms with Crippen molar-refractivity contribution in [1.82, 2.24) is 24.9 Å². The predicted molar refractivity (Wildman–Crippen MR) is 126 cm³/mol. The number of aromatic amines is 1. The molecule has 11 heteroatoms. The Morgan fingerprint density at radius 1 is 1.14 bits per heavy atom. The fraction of sp³-hybridized carbons (Fsp3) is 0.360. The molecular formula is C25H24F3N5O3. The van der Waals surface area contributed by atoms with E-state index in [4.69, 9.17) is 4.74 Å². The molecule has 5 rings (SSSR count). The summed E-state index contributed by atoms with van der Waals surface area (Å²) in [7, 11) is 0. The van der Waals surface area contributed by atoms with Crippen LogP contribution in [0.15, 0.2) is 53.6 Å². The predicted octanol–water partition coefficient (Wildman–Crippen LogP) is 4.36. The third-order valence-electron chi connectivity index (χ3n) is 6.55. The van der Waals surface area contributed by atoms with Gasteiger partial charge in [-0.05, 0) is 37.8 Å². The van der Waals surface area contributed by atoms with Crippen LogP contribution in [0, 0.1) is 0 Å². The zero-order valence-corrected chi connectivity index (χ0v) is 19.2. The minimum absolute atomic E-state index is 0.0155. The molecular weight excluding hydrogens is 475 g/mol. The van der Waals surface area contributed by atoms with Crippen LogP contribution in [0.1, 0.15) is 54.2 Å². The standard InChI is InChI=1S/C25H24F3N5O3/c26-25(27,28)10-12-36-17-9-11-33-20(14-29-21(33)13-17)24(35)30-16-7-5-15(6-8-16)22-18-3-1-2-4-19(18)23(34)32-31-22/h1-4,9,11,13-16H,5-8,10,12H2,(H,30,35)(H,32,34). The molecule has 4 aromatic rings. The van der Waals surface area contributed by atoms with Crippen molar-refractivity contribution >= 4 is 22.3 Å². The molecule has 0 atom stereocenters. The van der Waals surface area contributed by atoms with Gasteiger partial charge < -0.3 is 10.1 Å². The first-order valence-corrected chi connectivity index (χ1v) is 11.7. The molecule has 3 aromatic heterocycles. The highest BCUT2D eigenvalue weighted by Crippen LogP contribution is 2.34. The number of alkyl halides is 3. The summed E-state index contributed by atoms with van der Waals surface area (Å²) in [5.74, 6) is 0.168. The Kier molecular flexibility index (Phi) is 6.38. The number of aromatic nitrogens is 4. The van der Waals surface area contributed by atoms with Gasteiger partial charge in [0.05, 0.1) is 30.3 Å². The summed E-state index contributed by atoms with van der Waals surface area (Å²) in [4.78, 5) is 29.2. The number of amides is 1. The van der Waals surface area contributed by atoms with Crippen molar-refractivity contribution in [2.75, 3.05) is 6.61 Å². The number of rotatable bonds is 6. The van der Waals surface area contributed by atoms with Gasteiger partial charge in [0.2, 0.25) is 0 Å². The van der Waals surface area contributed by atoms with Crippen LogP contribution in [0.3, 0.4) is 0 Å². The number of H-pyrrole nitrogens is 1. The summed E-state index contributed by atoms with van der Waals surface area (Å²) in [5, 5.41) is 11.5. The topological polar surface area (TPSA) is 101 Å². The van der Waals surface area contributed by atoms with Crippen molar-refractivity contribution < 1.29 is 22.7 Å². The van der Waals surface area contributed by atoms with Crippen LogP contribution in [0.25, 0.3) is 16.4 Å². The lowest BCUT2D eigenvalue weighted by atomic mass is 9.82. The van der Waals surface area contributed by atoms with Crippen molar-refractivity contribution in [2.45, 2.75) is 50.2 Å². The zero-order chi connectivity index (χ0) is 25.3. The number of hydrogen-bond acceptors (Lipinski definition) is 5. The molecule has 0 aliphatic heterocycles. The Bertz CT molecular complexity index is 1450. The number of pyridine rings is 1. The second-order valence-electron chi connectivity index (χ2n) is 8.95. The van der Waals surface area contributed by atoms with Crippen molar-refractivity contribution in [3.8, 4) is 5.75 Å². The molecule has 8 nitrogen and oxygen atoms in total. The molecule has 1 amide bonds. The van der Waals surface area contributed by atoms with Gasteiger partial charge in [-0.25, -0.2) is 10.1 Å². The summed E-state index contributed by atoms with van der Waals surface area (Å²) in [6.45, 7) is -0.485. The van der Waals surface area contributed by atoms with E-state index in [9.17, 15) is 22.8 Å². The molecule has 1 aromatic carbocycles. The number of nitrogens with zero attached hydrogens (tertiary/aromatic N) is 3. The second-order valence-corrected chi connectivity index (χ2v) is 8.95. The second kappa shape index (κ2) is 9.63. The van der Waals surface area contributed by atoms with Crippen LogP contribution in [0.5, 0.6) is 5.75 Å². The molecule has 1 aliphatic rings. The molecule has 1 saturated carbocycles. The van der Waals surface area contributed by atoms with E-state index in [2.05, 4.69) is 20.5 Å². The molecule has 3 heterocycles. The average Bonchev–Trinajstić information content (AvgIpc) is 3.28. The molecule has 0 spiro atoms. The molecule has 1 aliphatic carbocycles.